The molecule has 104 heavy (non-hydrogen) atoms. The van der Waals surface area contributed by atoms with Crippen molar-refractivity contribution in [2.45, 2.75) is 279 Å². The molecule has 14 nitrogen and oxygen atoms in total. The first-order valence-electron chi connectivity index (χ1n) is 40.2. The van der Waals surface area contributed by atoms with Gasteiger partial charge in [-0.3, -0.25) is 0 Å². The highest BCUT2D eigenvalue weighted by Gasteiger charge is 2.21. The first kappa shape index (κ1) is 82.9. The Balaban J connectivity index is 0.947. The molecular formula is C90H124N6O8. The summed E-state index contributed by atoms with van der Waals surface area (Å²) in [6, 6.07) is 52.6. The van der Waals surface area contributed by atoms with Crippen molar-refractivity contribution in [1.29, 1.82) is 0 Å². The number of unbranched alkanes of at least 4 members (excludes halogenated alkanes) is 15. The normalized spacial score (nSPS) is 12.5. The number of hydrogen-bond donors (Lipinski definition) is 0. The SMILES string of the molecule is CCCCCc1ccc(/N=N/c2ccc(OC(CCCC)CCCCCOc3cc(C(=O)OCC)cc(OCCCCCC(CCCC)Oc4ccc(/N=N/c5ccc(CCCCC)cc5)cc4)c3OCCCCCC(CCCC)Oc3ccc(/N=N/c4ccc(CCCCC)cc4)cc3)cc2)cc1. The number of aryl methyl sites for hydroxylation is 3. The number of benzene rings is 7. The Morgan fingerprint density at radius 3 is 0.846 bits per heavy atom. The second kappa shape index (κ2) is 50.9. The second-order valence-electron chi connectivity index (χ2n) is 27.7. The standard InChI is InChI=1S/C90H124N6O8/c1-8-15-24-33-71-42-48-75(49-43-71)91-94-78-54-60-84(61-55-78)102-81(36-18-11-4)39-27-21-30-66-99-87-69-74(90(97)98-14-7)70-88(100-67-31-22-28-40-82(37-19-12-5)103-85-62-56-79(57-63-85)95-92-76-50-44-72(45-51-76)34-25-16-9-2)89(87)101-68-32-23-29-41-83(38-20-13-6)104-86-64-58-80(59-65-86)96-93-77-52-46-73(47-53-77)35-26-17-10-3/h42-65,69-70,81-83H,8-41,66-68H2,1-7H3/b94-91+,95-92+,96-93+. The molecule has 0 fully saturated rings. The molecule has 7 aromatic rings. The highest BCUT2D eigenvalue weighted by Crippen LogP contribution is 2.41. The molecule has 3 atom stereocenters. The Morgan fingerprint density at radius 2 is 0.567 bits per heavy atom. The lowest BCUT2D eigenvalue weighted by atomic mass is 10.0. The molecule has 0 amide bonds. The van der Waals surface area contributed by atoms with Gasteiger partial charge in [0.25, 0.3) is 0 Å². The lowest BCUT2D eigenvalue weighted by Gasteiger charge is -2.20. The lowest BCUT2D eigenvalue weighted by Crippen LogP contribution is -2.16. The zero-order valence-corrected chi connectivity index (χ0v) is 64.4. The molecular weight excluding hydrogens is 1290 g/mol. The quantitative estimate of drug-likeness (QED) is 0.0207. The molecule has 14 heteroatoms. The van der Waals surface area contributed by atoms with Crippen molar-refractivity contribution in [2.24, 2.45) is 30.7 Å². The van der Waals surface area contributed by atoms with Crippen LogP contribution in [0.4, 0.5) is 34.1 Å². The van der Waals surface area contributed by atoms with Gasteiger partial charge in [0, 0.05) is 0 Å². The number of nitrogens with zero attached hydrogens (tertiary/aromatic N) is 6. The molecule has 0 aromatic heterocycles. The molecule has 562 valence electrons. The summed E-state index contributed by atoms with van der Waals surface area (Å²) in [6.07, 6.45) is 35.0. The van der Waals surface area contributed by atoms with Gasteiger partial charge in [0.05, 0.1) is 84.4 Å². The number of ether oxygens (including phenoxy) is 7. The van der Waals surface area contributed by atoms with E-state index in [1.54, 1.807) is 12.1 Å². The summed E-state index contributed by atoms with van der Waals surface area (Å²) in [6.45, 7) is 16.8. The van der Waals surface area contributed by atoms with Crippen molar-refractivity contribution in [3.05, 3.63) is 180 Å². The number of carbonyl (C=O) groups excluding carboxylic acids is 1. The van der Waals surface area contributed by atoms with E-state index >= 15 is 0 Å². The highest BCUT2D eigenvalue weighted by molar-refractivity contribution is 5.91. The van der Waals surface area contributed by atoms with Gasteiger partial charge in [-0.1, -0.05) is 155 Å². The van der Waals surface area contributed by atoms with Crippen molar-refractivity contribution in [3.63, 3.8) is 0 Å². The fraction of sp³-hybridized carbons (Fsp3) is 0.522. The third-order valence-corrected chi connectivity index (χ3v) is 18.7. The summed E-state index contributed by atoms with van der Waals surface area (Å²) in [5.41, 5.74) is 9.28. The van der Waals surface area contributed by atoms with Gasteiger partial charge in [0.2, 0.25) is 5.75 Å². The van der Waals surface area contributed by atoms with Crippen molar-refractivity contribution < 1.29 is 38.0 Å². The van der Waals surface area contributed by atoms with Gasteiger partial charge in [-0.2, -0.15) is 30.7 Å². The summed E-state index contributed by atoms with van der Waals surface area (Å²) in [5.74, 6) is 3.56. The molecule has 0 N–H and O–H groups in total. The minimum Gasteiger partial charge on any atom is -0.490 e. The molecule has 0 aliphatic rings. The van der Waals surface area contributed by atoms with Crippen LogP contribution < -0.4 is 28.4 Å². The van der Waals surface area contributed by atoms with Crippen LogP contribution in [0.1, 0.15) is 268 Å². The minimum atomic E-state index is -0.434. The maximum atomic E-state index is 13.6. The Kier molecular flexibility index (Phi) is 40.6. The van der Waals surface area contributed by atoms with Gasteiger partial charge < -0.3 is 33.2 Å². The van der Waals surface area contributed by atoms with Gasteiger partial charge in [-0.15, -0.1) is 0 Å². The van der Waals surface area contributed by atoms with Gasteiger partial charge in [0.15, 0.2) is 11.5 Å². The minimum absolute atomic E-state index is 0.0862. The first-order chi connectivity index (χ1) is 51.2. The Hall–Kier alpha value is -8.39. The van der Waals surface area contributed by atoms with E-state index in [4.69, 9.17) is 33.2 Å². The molecule has 7 rings (SSSR count). The smallest absolute Gasteiger partial charge is 0.338 e. The predicted molar refractivity (Wildman–Crippen MR) is 427 cm³/mol. The van der Waals surface area contributed by atoms with Crippen LogP contribution in [-0.4, -0.2) is 50.7 Å². The third-order valence-electron chi connectivity index (χ3n) is 18.7. The van der Waals surface area contributed by atoms with Gasteiger partial charge in [-0.05, 0) is 280 Å². The summed E-state index contributed by atoms with van der Waals surface area (Å²) in [5, 5.41) is 27.0. The fourth-order valence-electron chi connectivity index (χ4n) is 12.5. The van der Waals surface area contributed by atoms with E-state index in [1.165, 1.54) is 74.5 Å². The Morgan fingerprint density at radius 1 is 0.298 bits per heavy atom. The average molecular weight is 1420 g/mol. The van der Waals surface area contributed by atoms with Gasteiger partial charge in [-0.25, -0.2) is 4.79 Å². The maximum absolute atomic E-state index is 13.6. The molecule has 0 saturated carbocycles. The van der Waals surface area contributed by atoms with E-state index in [-0.39, 0.29) is 24.9 Å². The second-order valence-corrected chi connectivity index (χ2v) is 27.7. The van der Waals surface area contributed by atoms with Crippen LogP contribution in [0.2, 0.25) is 0 Å². The zero-order valence-electron chi connectivity index (χ0n) is 64.4. The number of rotatable bonds is 56. The summed E-state index contributed by atoms with van der Waals surface area (Å²) >= 11 is 0. The van der Waals surface area contributed by atoms with E-state index in [2.05, 4.69) is 109 Å². The Labute approximate surface area is 625 Å². The molecule has 0 spiro atoms. The third kappa shape index (κ3) is 33.2. The average Bonchev–Trinajstić information content (AvgIpc) is 0.815. The van der Waals surface area contributed by atoms with Crippen LogP contribution in [0, 0.1) is 0 Å². The van der Waals surface area contributed by atoms with E-state index in [0.717, 1.165) is 205 Å². The van der Waals surface area contributed by atoms with Crippen LogP contribution in [0.5, 0.6) is 34.5 Å². The first-order valence-corrected chi connectivity index (χ1v) is 40.2. The monoisotopic (exact) mass is 1420 g/mol. The van der Waals surface area contributed by atoms with E-state index < -0.39 is 5.97 Å². The molecule has 7 aromatic carbocycles. The number of carbonyl (C=O) groups is 1. The zero-order chi connectivity index (χ0) is 73.3. The number of azo groups is 3. The number of esters is 1. The summed E-state index contributed by atoms with van der Waals surface area (Å²) < 4.78 is 45.5. The van der Waals surface area contributed by atoms with Crippen LogP contribution >= 0.6 is 0 Å². The van der Waals surface area contributed by atoms with Crippen LogP contribution in [0.15, 0.2) is 188 Å². The molecule has 0 aliphatic carbocycles. The highest BCUT2D eigenvalue weighted by atomic mass is 16.5. The molecule has 0 saturated heterocycles. The van der Waals surface area contributed by atoms with Crippen molar-refractivity contribution in [2.75, 3.05) is 26.4 Å². The molecule has 3 unspecified atom stereocenters. The van der Waals surface area contributed by atoms with E-state index in [1.807, 2.05) is 116 Å². The maximum Gasteiger partial charge on any atom is 0.338 e. The predicted octanol–water partition coefficient (Wildman–Crippen LogP) is 28.0. The summed E-state index contributed by atoms with van der Waals surface area (Å²) in [4.78, 5) is 13.6. The molecule has 0 radical (unpaired) electrons. The van der Waals surface area contributed by atoms with E-state index in [9.17, 15) is 4.79 Å². The van der Waals surface area contributed by atoms with E-state index in [0.29, 0.717) is 42.6 Å². The summed E-state index contributed by atoms with van der Waals surface area (Å²) in [7, 11) is 0. The van der Waals surface area contributed by atoms with Crippen molar-refractivity contribution in [3.8, 4) is 34.5 Å². The van der Waals surface area contributed by atoms with Crippen LogP contribution in [-0.2, 0) is 24.0 Å². The fourth-order valence-corrected chi connectivity index (χ4v) is 12.5. The van der Waals surface area contributed by atoms with Crippen LogP contribution in [0.3, 0.4) is 0 Å². The van der Waals surface area contributed by atoms with Crippen LogP contribution in [0.25, 0.3) is 0 Å². The van der Waals surface area contributed by atoms with Crippen molar-refractivity contribution >= 4 is 40.1 Å². The van der Waals surface area contributed by atoms with Crippen molar-refractivity contribution in [1.82, 2.24) is 0 Å². The van der Waals surface area contributed by atoms with Gasteiger partial charge in [0.1, 0.15) is 17.2 Å². The topological polar surface area (TPSA) is 156 Å². The molecule has 0 heterocycles. The number of hydrogen-bond acceptors (Lipinski definition) is 14. The molecule has 0 bridgehead atoms. The Bertz CT molecular complexity index is 3330. The van der Waals surface area contributed by atoms with Gasteiger partial charge >= 0.3 is 5.97 Å². The largest absolute Gasteiger partial charge is 0.490 e. The lowest BCUT2D eigenvalue weighted by molar-refractivity contribution is 0.0525. The molecule has 0 aliphatic heterocycles.